The molecule has 36 heavy (non-hydrogen) atoms. The molecule has 2 N–H and O–H groups in total. The Morgan fingerprint density at radius 3 is 2.58 bits per heavy atom. The number of nitriles is 1. The number of hydrazone groups is 1. The molecule has 4 rings (SSSR count). The van der Waals surface area contributed by atoms with Gasteiger partial charge in [-0.25, -0.2) is 10.2 Å². The number of anilines is 1. The molecule has 0 bridgehead atoms. The van der Waals surface area contributed by atoms with Gasteiger partial charge in [-0.2, -0.15) is 10.4 Å². The van der Waals surface area contributed by atoms with Gasteiger partial charge in [0.15, 0.2) is 0 Å². The summed E-state index contributed by atoms with van der Waals surface area (Å²) in [4.78, 5) is 38.0. The van der Waals surface area contributed by atoms with Crippen LogP contribution in [0, 0.1) is 11.3 Å². The molecule has 10 heteroatoms. The van der Waals surface area contributed by atoms with Gasteiger partial charge >= 0.3 is 17.8 Å². The van der Waals surface area contributed by atoms with E-state index in [0.717, 1.165) is 36.1 Å². The number of amides is 2. The van der Waals surface area contributed by atoms with E-state index < -0.39 is 17.8 Å². The molecular formula is C26H22N4O5S. The summed E-state index contributed by atoms with van der Waals surface area (Å²) in [5, 5.41) is 16.2. The maximum Gasteiger partial charge on any atom is 0.343 e. The van der Waals surface area contributed by atoms with Crippen LogP contribution in [0.2, 0.25) is 0 Å². The number of hydrogen-bond donors (Lipinski definition) is 2. The summed E-state index contributed by atoms with van der Waals surface area (Å²) in [6.07, 6.45) is 5.04. The van der Waals surface area contributed by atoms with E-state index in [-0.39, 0.29) is 5.75 Å². The molecular weight excluding hydrogens is 480 g/mol. The Hall–Kier alpha value is -4.49. The first-order valence-corrected chi connectivity index (χ1v) is 12.0. The molecule has 0 radical (unpaired) electrons. The van der Waals surface area contributed by atoms with Gasteiger partial charge in [0.2, 0.25) is 0 Å². The van der Waals surface area contributed by atoms with Crippen molar-refractivity contribution in [3.05, 3.63) is 75.7 Å². The van der Waals surface area contributed by atoms with Crippen molar-refractivity contribution < 1.29 is 23.9 Å². The number of benzene rings is 2. The number of thiophene rings is 1. The number of carbonyl (C=O) groups excluding carboxylic acids is 3. The highest BCUT2D eigenvalue weighted by Gasteiger charge is 2.23. The van der Waals surface area contributed by atoms with E-state index in [9.17, 15) is 19.6 Å². The SMILES string of the molecule is COc1ccc(C(=O)Oc2cccc(/C=N\NC(=O)C(=O)Nc3sc4c(c3C#N)CCCC4)c2)cc1. The van der Waals surface area contributed by atoms with Crippen LogP contribution in [0.15, 0.2) is 53.6 Å². The zero-order chi connectivity index (χ0) is 25.5. The predicted octanol–water partition coefficient (Wildman–Crippen LogP) is 3.82. The number of methoxy groups -OCH3 is 1. The average molecular weight is 503 g/mol. The predicted molar refractivity (Wildman–Crippen MR) is 134 cm³/mol. The fourth-order valence-electron chi connectivity index (χ4n) is 3.70. The fourth-order valence-corrected chi connectivity index (χ4v) is 4.93. The van der Waals surface area contributed by atoms with Gasteiger partial charge in [0.25, 0.3) is 0 Å². The lowest BCUT2D eigenvalue weighted by Gasteiger charge is -2.09. The lowest BCUT2D eigenvalue weighted by molar-refractivity contribution is -0.136. The van der Waals surface area contributed by atoms with Crippen LogP contribution in [-0.2, 0) is 22.4 Å². The Morgan fingerprint density at radius 1 is 1.06 bits per heavy atom. The number of fused-ring (bicyclic) bond motifs is 1. The van der Waals surface area contributed by atoms with Gasteiger partial charge in [0, 0.05) is 4.88 Å². The molecule has 0 aliphatic heterocycles. The topological polar surface area (TPSA) is 130 Å². The normalized spacial score (nSPS) is 12.3. The first kappa shape index (κ1) is 24.6. The second kappa shape index (κ2) is 11.3. The molecule has 0 atom stereocenters. The molecule has 3 aromatic rings. The molecule has 182 valence electrons. The second-order valence-electron chi connectivity index (χ2n) is 7.87. The quantitative estimate of drug-likeness (QED) is 0.173. The molecule has 1 aliphatic carbocycles. The molecule has 0 spiro atoms. The van der Waals surface area contributed by atoms with Crippen LogP contribution >= 0.6 is 11.3 Å². The van der Waals surface area contributed by atoms with Crippen LogP contribution in [0.25, 0.3) is 0 Å². The Balaban J connectivity index is 1.34. The number of carbonyl (C=O) groups is 3. The molecule has 2 amide bonds. The molecule has 1 heterocycles. The van der Waals surface area contributed by atoms with Gasteiger partial charge in [-0.3, -0.25) is 9.59 Å². The zero-order valence-corrected chi connectivity index (χ0v) is 20.2. The summed E-state index contributed by atoms with van der Waals surface area (Å²) >= 11 is 1.34. The monoisotopic (exact) mass is 502 g/mol. The van der Waals surface area contributed by atoms with Crippen LogP contribution in [0.1, 0.15) is 44.8 Å². The highest BCUT2D eigenvalue weighted by atomic mass is 32.1. The van der Waals surface area contributed by atoms with E-state index in [0.29, 0.717) is 27.4 Å². The van der Waals surface area contributed by atoms with Crippen molar-refractivity contribution in [2.24, 2.45) is 5.10 Å². The summed E-state index contributed by atoms with van der Waals surface area (Å²) in [7, 11) is 1.54. The van der Waals surface area contributed by atoms with Crippen molar-refractivity contribution in [3.63, 3.8) is 0 Å². The third kappa shape index (κ3) is 5.76. The highest BCUT2D eigenvalue weighted by Crippen LogP contribution is 2.37. The number of aryl methyl sites for hydroxylation is 1. The van der Waals surface area contributed by atoms with Gasteiger partial charge in [0.05, 0.1) is 24.5 Å². The standard InChI is InChI=1S/C26H22N4O5S/c1-34-18-11-9-17(10-12-18)26(33)35-19-6-4-5-16(13-19)15-28-30-24(32)23(31)29-25-21(14-27)20-7-2-3-8-22(20)36-25/h4-6,9-13,15H,2-3,7-8H2,1H3,(H,29,31)(H,30,32)/b28-15-. The number of ether oxygens (including phenoxy) is 2. The molecule has 1 aliphatic rings. The van der Waals surface area contributed by atoms with E-state index in [1.165, 1.54) is 24.7 Å². The van der Waals surface area contributed by atoms with Crippen LogP contribution in [0.4, 0.5) is 5.00 Å². The number of hydrogen-bond acceptors (Lipinski definition) is 8. The van der Waals surface area contributed by atoms with Crippen molar-refractivity contribution in [3.8, 4) is 17.6 Å². The van der Waals surface area contributed by atoms with Crippen LogP contribution in [-0.4, -0.2) is 31.1 Å². The minimum atomic E-state index is -0.969. The number of esters is 1. The van der Waals surface area contributed by atoms with Gasteiger partial charge < -0.3 is 14.8 Å². The third-order valence-electron chi connectivity index (χ3n) is 5.49. The van der Waals surface area contributed by atoms with E-state index in [1.807, 2.05) is 0 Å². The Labute approximate surface area is 211 Å². The van der Waals surface area contributed by atoms with Crippen molar-refractivity contribution >= 4 is 40.3 Å². The minimum absolute atomic E-state index is 0.287. The summed E-state index contributed by atoms with van der Waals surface area (Å²) < 4.78 is 10.5. The average Bonchev–Trinajstić information content (AvgIpc) is 3.25. The number of nitrogens with one attached hydrogen (secondary N) is 2. The van der Waals surface area contributed by atoms with E-state index in [4.69, 9.17) is 9.47 Å². The molecule has 0 fully saturated rings. The zero-order valence-electron chi connectivity index (χ0n) is 19.4. The number of rotatable bonds is 6. The fraction of sp³-hybridized carbons (Fsp3) is 0.192. The lowest BCUT2D eigenvalue weighted by atomic mass is 9.96. The highest BCUT2D eigenvalue weighted by molar-refractivity contribution is 7.16. The second-order valence-corrected chi connectivity index (χ2v) is 8.98. The van der Waals surface area contributed by atoms with Crippen LogP contribution in [0.3, 0.4) is 0 Å². The van der Waals surface area contributed by atoms with E-state index in [1.54, 1.807) is 48.5 Å². The van der Waals surface area contributed by atoms with Crippen molar-refractivity contribution in [2.75, 3.05) is 12.4 Å². The maximum atomic E-state index is 12.3. The number of nitrogens with zero attached hydrogens (tertiary/aromatic N) is 2. The molecule has 0 saturated heterocycles. The maximum absolute atomic E-state index is 12.3. The summed E-state index contributed by atoms with van der Waals surface area (Å²) in [6, 6.07) is 15.2. The Kier molecular flexibility index (Phi) is 7.72. The summed E-state index contributed by atoms with van der Waals surface area (Å²) in [5.41, 5.74) is 4.46. The van der Waals surface area contributed by atoms with Gasteiger partial charge in [0.1, 0.15) is 22.6 Å². The van der Waals surface area contributed by atoms with Crippen molar-refractivity contribution in [1.82, 2.24) is 5.43 Å². The Morgan fingerprint density at radius 2 is 1.83 bits per heavy atom. The van der Waals surface area contributed by atoms with Crippen LogP contribution < -0.4 is 20.2 Å². The molecule has 0 saturated carbocycles. The minimum Gasteiger partial charge on any atom is -0.497 e. The summed E-state index contributed by atoms with van der Waals surface area (Å²) in [6.45, 7) is 0. The van der Waals surface area contributed by atoms with Gasteiger partial charge in [-0.1, -0.05) is 12.1 Å². The molecule has 9 nitrogen and oxygen atoms in total. The first-order chi connectivity index (χ1) is 17.5. The first-order valence-electron chi connectivity index (χ1n) is 11.1. The summed E-state index contributed by atoms with van der Waals surface area (Å²) in [5.74, 6) is -1.51. The Bertz CT molecular complexity index is 1370. The molecule has 1 aromatic heterocycles. The van der Waals surface area contributed by atoms with E-state index >= 15 is 0 Å². The molecule has 2 aromatic carbocycles. The lowest BCUT2D eigenvalue weighted by Crippen LogP contribution is -2.32. The molecule has 0 unspecified atom stereocenters. The van der Waals surface area contributed by atoms with Gasteiger partial charge in [-0.05, 0) is 73.2 Å². The largest absolute Gasteiger partial charge is 0.497 e. The smallest absolute Gasteiger partial charge is 0.343 e. The van der Waals surface area contributed by atoms with Crippen molar-refractivity contribution in [2.45, 2.75) is 25.7 Å². The van der Waals surface area contributed by atoms with Crippen molar-refractivity contribution in [1.29, 1.82) is 5.26 Å². The third-order valence-corrected chi connectivity index (χ3v) is 6.70. The van der Waals surface area contributed by atoms with E-state index in [2.05, 4.69) is 21.9 Å². The van der Waals surface area contributed by atoms with Gasteiger partial charge in [-0.15, -0.1) is 11.3 Å². The van der Waals surface area contributed by atoms with Crippen LogP contribution in [0.5, 0.6) is 11.5 Å².